The Morgan fingerprint density at radius 3 is 2.17 bits per heavy atom. The highest BCUT2D eigenvalue weighted by Crippen LogP contribution is 2.16. The van der Waals surface area contributed by atoms with Crippen LogP contribution in [0.15, 0.2) is 48.6 Å². The Morgan fingerprint density at radius 1 is 1.06 bits per heavy atom. The van der Waals surface area contributed by atoms with Gasteiger partial charge in [-0.3, -0.25) is 4.79 Å². The van der Waals surface area contributed by atoms with E-state index < -0.39 is 0 Å². The number of Topliss-reactive ketones (excluding diaryl/α,β-unsaturated/α-hetero) is 1. The fraction of sp³-hybridized carbons (Fsp3) is 0.200. The summed E-state index contributed by atoms with van der Waals surface area (Å²) in [6, 6.07) is 6.56. The Hall–Kier alpha value is -2.16. The highest BCUT2D eigenvalue weighted by Gasteiger charge is 2.16. The minimum absolute atomic E-state index is 0.0374. The molecule has 2 rings (SSSR count). The Morgan fingerprint density at radius 2 is 1.61 bits per heavy atom. The number of hydrogen-bond acceptors (Lipinski definition) is 3. The van der Waals surface area contributed by atoms with Crippen LogP contribution in [0.25, 0.3) is 0 Å². The predicted octanol–water partition coefficient (Wildman–Crippen LogP) is 2.79. The lowest BCUT2D eigenvalue weighted by Crippen LogP contribution is -2.10. The third kappa shape index (κ3) is 2.56. The summed E-state index contributed by atoms with van der Waals surface area (Å²) in [4.78, 5) is 23.5. The van der Waals surface area contributed by atoms with Crippen molar-refractivity contribution in [3.63, 3.8) is 0 Å². The zero-order chi connectivity index (χ0) is 13.0. The van der Waals surface area contributed by atoms with E-state index in [0.717, 1.165) is 0 Å². The number of ether oxygens (including phenoxy) is 1. The highest BCUT2D eigenvalue weighted by molar-refractivity contribution is 6.01. The maximum atomic E-state index is 12.0. The first kappa shape index (κ1) is 12.3. The van der Waals surface area contributed by atoms with Crippen molar-refractivity contribution in [3.05, 3.63) is 59.7 Å². The van der Waals surface area contributed by atoms with Crippen molar-refractivity contribution in [2.75, 3.05) is 6.61 Å². The molecule has 1 aromatic carbocycles. The molecule has 0 N–H and O–H groups in total. The van der Waals surface area contributed by atoms with Crippen molar-refractivity contribution in [3.8, 4) is 0 Å². The zero-order valence-electron chi connectivity index (χ0n) is 10.1. The van der Waals surface area contributed by atoms with Crippen LogP contribution in [0.4, 0.5) is 0 Å². The summed E-state index contributed by atoms with van der Waals surface area (Å²) < 4.78 is 4.88. The third-order valence-corrected chi connectivity index (χ3v) is 2.73. The van der Waals surface area contributed by atoms with Gasteiger partial charge in [-0.15, -0.1) is 0 Å². The average molecular weight is 242 g/mol. The van der Waals surface area contributed by atoms with Crippen LogP contribution in [0.2, 0.25) is 0 Å². The lowest BCUT2D eigenvalue weighted by Gasteiger charge is -2.06. The summed E-state index contributed by atoms with van der Waals surface area (Å²) in [5.74, 6) is -0.508. The van der Waals surface area contributed by atoms with Gasteiger partial charge in [0.15, 0.2) is 5.78 Å². The van der Waals surface area contributed by atoms with Crippen LogP contribution in [0.3, 0.4) is 0 Å². The van der Waals surface area contributed by atoms with E-state index >= 15 is 0 Å². The number of allylic oxidation sites excluding steroid dienone is 4. The summed E-state index contributed by atoms with van der Waals surface area (Å²) in [5.41, 5.74) is 1.06. The molecule has 0 saturated heterocycles. The summed E-state index contributed by atoms with van der Waals surface area (Å²) in [7, 11) is 0. The van der Waals surface area contributed by atoms with Gasteiger partial charge in [-0.1, -0.05) is 36.4 Å². The Bertz CT molecular complexity index is 497. The van der Waals surface area contributed by atoms with E-state index in [9.17, 15) is 9.59 Å². The molecule has 0 atom stereocenters. The van der Waals surface area contributed by atoms with E-state index in [1.807, 2.05) is 24.3 Å². The van der Waals surface area contributed by atoms with Gasteiger partial charge in [0.1, 0.15) is 0 Å². The van der Waals surface area contributed by atoms with Crippen molar-refractivity contribution in [2.24, 2.45) is 5.92 Å². The van der Waals surface area contributed by atoms with Crippen molar-refractivity contribution in [2.45, 2.75) is 6.92 Å². The number of carbonyl (C=O) groups excluding carboxylic acids is 2. The fourth-order valence-electron chi connectivity index (χ4n) is 1.78. The molecule has 18 heavy (non-hydrogen) atoms. The second-order valence-electron chi connectivity index (χ2n) is 3.96. The quantitative estimate of drug-likeness (QED) is 0.602. The normalized spacial score (nSPS) is 13.8. The van der Waals surface area contributed by atoms with Crippen molar-refractivity contribution >= 4 is 11.8 Å². The minimum atomic E-state index is -0.364. The van der Waals surface area contributed by atoms with Gasteiger partial charge < -0.3 is 4.74 Å². The summed E-state index contributed by atoms with van der Waals surface area (Å²) in [6.45, 7) is 2.10. The molecule has 1 aromatic rings. The first-order valence-electron chi connectivity index (χ1n) is 5.88. The Kier molecular flexibility index (Phi) is 3.72. The van der Waals surface area contributed by atoms with Crippen LogP contribution in [-0.4, -0.2) is 18.4 Å². The topological polar surface area (TPSA) is 43.4 Å². The second-order valence-corrected chi connectivity index (χ2v) is 3.96. The van der Waals surface area contributed by atoms with E-state index in [-0.39, 0.29) is 17.7 Å². The monoisotopic (exact) mass is 242 g/mol. The fourth-order valence-corrected chi connectivity index (χ4v) is 1.78. The number of esters is 1. The summed E-state index contributed by atoms with van der Waals surface area (Å²) >= 11 is 0. The lowest BCUT2D eigenvalue weighted by atomic mass is 9.98. The molecule has 0 unspecified atom stereocenters. The van der Waals surface area contributed by atoms with Crippen LogP contribution >= 0.6 is 0 Å². The van der Waals surface area contributed by atoms with Crippen molar-refractivity contribution < 1.29 is 14.3 Å². The first-order valence-corrected chi connectivity index (χ1v) is 5.88. The number of hydrogen-bond donors (Lipinski definition) is 0. The molecule has 0 amide bonds. The van der Waals surface area contributed by atoms with E-state index in [4.69, 9.17) is 4.74 Å². The summed E-state index contributed by atoms with van der Waals surface area (Å²) in [6.07, 6.45) is 7.41. The zero-order valence-corrected chi connectivity index (χ0v) is 10.1. The molecular formula is C15H14O3. The molecule has 0 aliphatic heterocycles. The molecule has 1 aliphatic carbocycles. The van der Waals surface area contributed by atoms with Crippen LogP contribution in [-0.2, 0) is 4.74 Å². The molecule has 3 nitrogen and oxygen atoms in total. The van der Waals surface area contributed by atoms with Gasteiger partial charge in [0, 0.05) is 5.56 Å². The van der Waals surface area contributed by atoms with Gasteiger partial charge in [-0.05, 0) is 19.1 Å². The first-order chi connectivity index (χ1) is 8.72. The van der Waals surface area contributed by atoms with Crippen molar-refractivity contribution in [1.82, 2.24) is 0 Å². The molecule has 0 fully saturated rings. The molecule has 0 aromatic heterocycles. The molecule has 1 aliphatic rings. The smallest absolute Gasteiger partial charge is 0.338 e. The molecule has 92 valence electrons. The van der Waals surface area contributed by atoms with Crippen LogP contribution in [0.5, 0.6) is 0 Å². The van der Waals surface area contributed by atoms with Gasteiger partial charge >= 0.3 is 5.97 Å². The van der Waals surface area contributed by atoms with E-state index in [2.05, 4.69) is 0 Å². The lowest BCUT2D eigenvalue weighted by molar-refractivity contribution is 0.0526. The molecule has 0 radical (unpaired) electrons. The minimum Gasteiger partial charge on any atom is -0.462 e. The standard InChI is InChI=1S/C15H14O3/c1-2-18-15(17)13-9-7-12(8-10-13)14(16)11-5-3-4-6-11/h3-11H,2H2,1H3. The second kappa shape index (κ2) is 5.45. The SMILES string of the molecule is CCOC(=O)c1ccc(C(=O)C2C=CC=C2)cc1. The Balaban J connectivity index is 2.12. The van der Waals surface area contributed by atoms with Crippen LogP contribution < -0.4 is 0 Å². The van der Waals surface area contributed by atoms with E-state index in [1.165, 1.54) is 0 Å². The average Bonchev–Trinajstić information content (AvgIpc) is 2.92. The van der Waals surface area contributed by atoms with Crippen LogP contribution in [0.1, 0.15) is 27.6 Å². The molecule has 0 bridgehead atoms. The number of ketones is 1. The molecule has 3 heteroatoms. The molecular weight excluding hydrogens is 228 g/mol. The van der Waals surface area contributed by atoms with Gasteiger partial charge in [-0.2, -0.15) is 0 Å². The van der Waals surface area contributed by atoms with Gasteiger partial charge in [-0.25, -0.2) is 4.79 Å². The molecule has 0 spiro atoms. The van der Waals surface area contributed by atoms with Crippen LogP contribution in [0, 0.1) is 5.92 Å². The summed E-state index contributed by atoms with van der Waals surface area (Å²) in [5, 5.41) is 0. The molecule has 0 saturated carbocycles. The van der Waals surface area contributed by atoms with Crippen molar-refractivity contribution in [1.29, 1.82) is 0 Å². The maximum absolute atomic E-state index is 12.0. The number of benzene rings is 1. The van der Waals surface area contributed by atoms with E-state index in [1.54, 1.807) is 31.2 Å². The molecule has 0 heterocycles. The van der Waals surface area contributed by atoms with Gasteiger partial charge in [0.2, 0.25) is 0 Å². The van der Waals surface area contributed by atoms with E-state index in [0.29, 0.717) is 17.7 Å². The number of rotatable bonds is 4. The third-order valence-electron chi connectivity index (χ3n) is 2.73. The predicted molar refractivity (Wildman–Crippen MR) is 68.5 cm³/mol. The highest BCUT2D eigenvalue weighted by atomic mass is 16.5. The van der Waals surface area contributed by atoms with Gasteiger partial charge in [0.05, 0.1) is 18.1 Å². The number of carbonyl (C=O) groups is 2. The van der Waals surface area contributed by atoms with Gasteiger partial charge in [0.25, 0.3) is 0 Å². The Labute approximate surface area is 106 Å². The maximum Gasteiger partial charge on any atom is 0.338 e. The largest absolute Gasteiger partial charge is 0.462 e.